The zero-order valence-electron chi connectivity index (χ0n) is 19.3. The Morgan fingerprint density at radius 1 is 0.667 bits per heavy atom. The number of rotatable bonds is 20. The third-order valence-electron chi connectivity index (χ3n) is 4.78. The second kappa shape index (κ2) is 19.4. The second-order valence-corrected chi connectivity index (χ2v) is 13.9. The monoisotopic (exact) mass is 401 g/mol. The van der Waals surface area contributed by atoms with Crippen LogP contribution in [-0.4, -0.2) is 45.7 Å². The van der Waals surface area contributed by atoms with Crippen LogP contribution in [0.1, 0.15) is 97.3 Å². The zero-order valence-corrected chi connectivity index (χ0v) is 20.2. The molecule has 0 fully saturated rings. The highest BCUT2D eigenvalue weighted by atomic mass is 31.2. The first-order valence-electron chi connectivity index (χ1n) is 11.7. The Bertz CT molecular complexity index is 311. The first-order valence-corrected chi connectivity index (χ1v) is 15.0. The topological polar surface area (TPSA) is 18.5 Å². The van der Waals surface area contributed by atoms with Crippen LogP contribution in [0.5, 0.6) is 0 Å². The lowest BCUT2D eigenvalue weighted by molar-refractivity contribution is -0.148. The Morgan fingerprint density at radius 2 is 1.22 bits per heavy atom. The van der Waals surface area contributed by atoms with E-state index in [1.807, 2.05) is 0 Å². The fraction of sp³-hybridized carbons (Fsp3) is 0.917. The van der Waals surface area contributed by atoms with E-state index in [-0.39, 0.29) is 6.29 Å². The van der Waals surface area contributed by atoms with Crippen molar-refractivity contribution in [2.24, 2.45) is 0 Å². The first-order chi connectivity index (χ1) is 13.0. The summed E-state index contributed by atoms with van der Waals surface area (Å²) in [7, 11) is -0.578. The van der Waals surface area contributed by atoms with Gasteiger partial charge in [-0.3, -0.25) is 0 Å². The molecule has 0 N–H and O–H groups in total. The maximum atomic E-state index is 5.99. The average molecular weight is 402 g/mol. The minimum Gasteiger partial charge on any atom is -0.353 e. The normalized spacial score (nSPS) is 12.5. The molecule has 0 amide bonds. The third-order valence-corrected chi connectivity index (χ3v) is 6.44. The van der Waals surface area contributed by atoms with E-state index in [0.29, 0.717) is 0 Å². The number of hydrogen-bond donors (Lipinski definition) is 0. The van der Waals surface area contributed by atoms with Crippen molar-refractivity contribution in [1.29, 1.82) is 0 Å². The van der Waals surface area contributed by atoms with Crippen LogP contribution in [0.25, 0.3) is 0 Å². The molecule has 0 aromatic heterocycles. The Balaban J connectivity index is 3.73. The smallest absolute Gasteiger partial charge is 0.157 e. The highest BCUT2D eigenvalue weighted by Crippen LogP contribution is 2.47. The van der Waals surface area contributed by atoms with Crippen molar-refractivity contribution in [3.8, 4) is 0 Å². The van der Waals surface area contributed by atoms with Crippen LogP contribution in [-0.2, 0) is 9.47 Å². The van der Waals surface area contributed by atoms with Gasteiger partial charge in [-0.2, -0.15) is 0 Å². The molecule has 0 heterocycles. The molecule has 0 aliphatic heterocycles. The first kappa shape index (κ1) is 27.1. The van der Waals surface area contributed by atoms with Gasteiger partial charge in [-0.05, 0) is 51.4 Å². The highest BCUT2D eigenvalue weighted by Gasteiger charge is 2.14. The van der Waals surface area contributed by atoms with Crippen molar-refractivity contribution in [3.63, 3.8) is 0 Å². The standard InChI is InChI=1S/C24H50O2P/c1-6-8-17-21-25-24(26-22-18-9-7-2)20-16-14-12-10-11-13-15-19-23-27(3,4)5/h11,13,24H,6-10,12,14-23H2,1-5H3/q+1/b13-11-. The number of hydrogen-bond acceptors (Lipinski definition) is 2. The SMILES string of the molecule is CCCCCOC(CCCCC/C=C\CCC[P+](C)(C)C)OCCCCC. The van der Waals surface area contributed by atoms with Gasteiger partial charge in [0, 0.05) is 40.5 Å². The molecule has 0 spiro atoms. The molecule has 0 atom stereocenters. The Morgan fingerprint density at radius 3 is 1.74 bits per heavy atom. The fourth-order valence-corrected chi connectivity index (χ4v) is 4.15. The van der Waals surface area contributed by atoms with Crippen molar-refractivity contribution >= 4 is 7.26 Å². The summed E-state index contributed by atoms with van der Waals surface area (Å²) in [6, 6.07) is 0. The molecule has 0 aromatic carbocycles. The molecule has 0 unspecified atom stereocenters. The molecule has 0 bridgehead atoms. The number of ether oxygens (including phenoxy) is 2. The summed E-state index contributed by atoms with van der Waals surface area (Å²) in [6.07, 6.45) is 22.3. The van der Waals surface area contributed by atoms with Crippen LogP contribution in [0, 0.1) is 0 Å². The number of allylic oxidation sites excluding steroid dienone is 2. The van der Waals surface area contributed by atoms with Gasteiger partial charge in [0.1, 0.15) is 0 Å². The maximum absolute atomic E-state index is 5.99. The van der Waals surface area contributed by atoms with Gasteiger partial charge < -0.3 is 9.47 Å². The van der Waals surface area contributed by atoms with E-state index in [4.69, 9.17) is 9.47 Å². The van der Waals surface area contributed by atoms with E-state index in [9.17, 15) is 0 Å². The minimum absolute atomic E-state index is 0.0231. The molecule has 0 aromatic rings. The van der Waals surface area contributed by atoms with Gasteiger partial charge >= 0.3 is 0 Å². The fourth-order valence-electron chi connectivity index (χ4n) is 3.02. The van der Waals surface area contributed by atoms with Crippen LogP contribution in [0.4, 0.5) is 0 Å². The second-order valence-electron chi connectivity index (χ2n) is 8.85. The van der Waals surface area contributed by atoms with Crippen LogP contribution < -0.4 is 0 Å². The Labute approximate surface area is 172 Å². The van der Waals surface area contributed by atoms with Crippen molar-refractivity contribution in [2.75, 3.05) is 39.4 Å². The lowest BCUT2D eigenvalue weighted by atomic mass is 10.1. The summed E-state index contributed by atoms with van der Waals surface area (Å²) >= 11 is 0. The highest BCUT2D eigenvalue weighted by molar-refractivity contribution is 7.73. The summed E-state index contributed by atoms with van der Waals surface area (Å²) < 4.78 is 12.0. The van der Waals surface area contributed by atoms with E-state index >= 15 is 0 Å². The quantitative estimate of drug-likeness (QED) is 0.0892. The Hall–Kier alpha value is 0.0900. The molecule has 3 heteroatoms. The van der Waals surface area contributed by atoms with E-state index in [1.54, 1.807) is 0 Å². The molecule has 162 valence electrons. The minimum atomic E-state index is -0.578. The van der Waals surface area contributed by atoms with Gasteiger partial charge in [0.2, 0.25) is 0 Å². The molecule has 0 rings (SSSR count). The molecule has 0 saturated heterocycles. The van der Waals surface area contributed by atoms with Gasteiger partial charge in [0.15, 0.2) is 6.29 Å². The molecular weight excluding hydrogens is 351 g/mol. The lowest BCUT2D eigenvalue weighted by Gasteiger charge is -2.18. The lowest BCUT2D eigenvalue weighted by Crippen LogP contribution is -2.19. The van der Waals surface area contributed by atoms with E-state index in [1.165, 1.54) is 70.4 Å². The van der Waals surface area contributed by atoms with Gasteiger partial charge in [-0.1, -0.05) is 58.1 Å². The molecule has 0 aliphatic carbocycles. The third kappa shape index (κ3) is 22.2. The van der Waals surface area contributed by atoms with Crippen molar-refractivity contribution in [1.82, 2.24) is 0 Å². The zero-order chi connectivity index (χ0) is 20.2. The predicted octanol–water partition coefficient (Wildman–Crippen LogP) is 7.92. The van der Waals surface area contributed by atoms with Crippen molar-refractivity contribution < 1.29 is 9.47 Å². The van der Waals surface area contributed by atoms with Gasteiger partial charge in [-0.25, -0.2) is 0 Å². The van der Waals surface area contributed by atoms with Crippen molar-refractivity contribution in [2.45, 2.75) is 104 Å². The van der Waals surface area contributed by atoms with Gasteiger partial charge in [0.25, 0.3) is 0 Å². The molecule has 0 radical (unpaired) electrons. The summed E-state index contributed by atoms with van der Waals surface area (Å²) in [6.45, 7) is 13.5. The summed E-state index contributed by atoms with van der Waals surface area (Å²) in [5, 5.41) is 0. The summed E-state index contributed by atoms with van der Waals surface area (Å²) in [4.78, 5) is 0. The molecule has 27 heavy (non-hydrogen) atoms. The predicted molar refractivity (Wildman–Crippen MR) is 126 cm³/mol. The maximum Gasteiger partial charge on any atom is 0.157 e. The largest absolute Gasteiger partial charge is 0.353 e. The average Bonchev–Trinajstić information content (AvgIpc) is 2.62. The molecule has 0 saturated carbocycles. The van der Waals surface area contributed by atoms with E-state index < -0.39 is 7.26 Å². The molecule has 2 nitrogen and oxygen atoms in total. The van der Waals surface area contributed by atoms with E-state index in [2.05, 4.69) is 46.0 Å². The molecular formula is C24H50O2P+. The van der Waals surface area contributed by atoms with E-state index in [0.717, 1.165) is 32.5 Å². The van der Waals surface area contributed by atoms with Crippen LogP contribution >= 0.6 is 7.26 Å². The Kier molecular flexibility index (Phi) is 19.5. The van der Waals surface area contributed by atoms with Gasteiger partial charge in [-0.15, -0.1) is 0 Å². The molecule has 0 aliphatic rings. The van der Waals surface area contributed by atoms with Crippen LogP contribution in [0.3, 0.4) is 0 Å². The number of unbranched alkanes of at least 4 members (excludes halogenated alkanes) is 8. The van der Waals surface area contributed by atoms with Crippen molar-refractivity contribution in [3.05, 3.63) is 12.2 Å². The summed E-state index contributed by atoms with van der Waals surface area (Å²) in [5.41, 5.74) is 0. The van der Waals surface area contributed by atoms with Gasteiger partial charge in [0.05, 0.1) is 6.16 Å². The van der Waals surface area contributed by atoms with Crippen LogP contribution in [0.15, 0.2) is 12.2 Å². The van der Waals surface area contributed by atoms with Crippen LogP contribution in [0.2, 0.25) is 0 Å². The summed E-state index contributed by atoms with van der Waals surface area (Å²) in [5.74, 6) is 0.